The van der Waals surface area contributed by atoms with Crippen molar-refractivity contribution < 1.29 is 9.53 Å². The second-order valence-electron chi connectivity index (χ2n) is 5.94. The predicted octanol–water partition coefficient (Wildman–Crippen LogP) is 1.12. The van der Waals surface area contributed by atoms with E-state index in [9.17, 15) is 4.79 Å². The SMILES string of the molecule is O=C1COC2(CCN(c3nccc4ncccc34)CC2)CN1. The Morgan fingerprint density at radius 1 is 1.18 bits per heavy atom. The molecule has 2 fully saturated rings. The first-order chi connectivity index (χ1) is 10.8. The highest BCUT2D eigenvalue weighted by Gasteiger charge is 2.39. The van der Waals surface area contributed by atoms with Gasteiger partial charge in [0.2, 0.25) is 5.91 Å². The molecule has 4 rings (SSSR count). The fourth-order valence-corrected chi connectivity index (χ4v) is 3.27. The standard InChI is InChI=1S/C16H18N4O2/c21-14-10-22-16(11-19-14)4-8-20(9-5-16)15-12-2-1-6-17-13(12)3-7-18-15/h1-3,6-7H,4-5,8-11H2,(H,19,21). The molecule has 0 saturated carbocycles. The highest BCUT2D eigenvalue weighted by molar-refractivity contribution is 5.89. The number of rotatable bonds is 1. The predicted molar refractivity (Wildman–Crippen MR) is 82.7 cm³/mol. The number of nitrogens with one attached hydrogen (secondary N) is 1. The van der Waals surface area contributed by atoms with E-state index in [-0.39, 0.29) is 18.1 Å². The topological polar surface area (TPSA) is 67.3 Å². The van der Waals surface area contributed by atoms with Gasteiger partial charge in [0.05, 0.1) is 11.1 Å². The number of nitrogens with zero attached hydrogens (tertiary/aromatic N) is 3. The molecule has 0 bridgehead atoms. The monoisotopic (exact) mass is 298 g/mol. The first-order valence-corrected chi connectivity index (χ1v) is 7.61. The van der Waals surface area contributed by atoms with Crippen LogP contribution in [0.25, 0.3) is 10.9 Å². The largest absolute Gasteiger partial charge is 0.363 e. The van der Waals surface area contributed by atoms with Crippen LogP contribution in [0.2, 0.25) is 0 Å². The first-order valence-electron chi connectivity index (χ1n) is 7.61. The van der Waals surface area contributed by atoms with Crippen LogP contribution in [-0.4, -0.2) is 47.7 Å². The maximum Gasteiger partial charge on any atom is 0.246 e. The number of morpholine rings is 1. The lowest BCUT2D eigenvalue weighted by Gasteiger charge is -2.44. The van der Waals surface area contributed by atoms with Crippen molar-refractivity contribution in [3.63, 3.8) is 0 Å². The van der Waals surface area contributed by atoms with E-state index in [0.29, 0.717) is 6.54 Å². The van der Waals surface area contributed by atoms with Gasteiger partial charge in [0.1, 0.15) is 12.4 Å². The van der Waals surface area contributed by atoms with Crippen LogP contribution < -0.4 is 10.2 Å². The summed E-state index contributed by atoms with van der Waals surface area (Å²) in [7, 11) is 0. The molecule has 2 aromatic rings. The van der Waals surface area contributed by atoms with Gasteiger partial charge < -0.3 is 15.0 Å². The van der Waals surface area contributed by atoms with Crippen molar-refractivity contribution in [1.82, 2.24) is 15.3 Å². The molecule has 0 radical (unpaired) electrons. The molecule has 6 nitrogen and oxygen atoms in total. The zero-order valence-electron chi connectivity index (χ0n) is 12.3. The first kappa shape index (κ1) is 13.5. The Balaban J connectivity index is 1.55. The Hall–Kier alpha value is -2.21. The van der Waals surface area contributed by atoms with Gasteiger partial charge in [-0.15, -0.1) is 0 Å². The minimum Gasteiger partial charge on any atom is -0.363 e. The molecular formula is C16H18N4O2. The van der Waals surface area contributed by atoms with Crippen LogP contribution in [-0.2, 0) is 9.53 Å². The summed E-state index contributed by atoms with van der Waals surface area (Å²) in [4.78, 5) is 22.5. The van der Waals surface area contributed by atoms with Gasteiger partial charge in [-0.2, -0.15) is 0 Å². The Morgan fingerprint density at radius 3 is 2.82 bits per heavy atom. The molecule has 1 amide bonds. The van der Waals surface area contributed by atoms with Gasteiger partial charge in [-0.3, -0.25) is 9.78 Å². The summed E-state index contributed by atoms with van der Waals surface area (Å²) in [6, 6.07) is 5.94. The number of ether oxygens (including phenoxy) is 1. The fourth-order valence-electron chi connectivity index (χ4n) is 3.27. The van der Waals surface area contributed by atoms with Crippen LogP contribution in [0.4, 0.5) is 5.82 Å². The lowest BCUT2D eigenvalue weighted by atomic mass is 9.90. The number of pyridine rings is 2. The van der Waals surface area contributed by atoms with Crippen molar-refractivity contribution in [1.29, 1.82) is 0 Å². The van der Waals surface area contributed by atoms with E-state index in [0.717, 1.165) is 42.7 Å². The third-order valence-electron chi connectivity index (χ3n) is 4.60. The summed E-state index contributed by atoms with van der Waals surface area (Å²) in [6.07, 6.45) is 5.40. The van der Waals surface area contributed by atoms with Gasteiger partial charge in [0.25, 0.3) is 0 Å². The molecule has 1 spiro atoms. The molecule has 2 aliphatic heterocycles. The van der Waals surface area contributed by atoms with E-state index in [2.05, 4.69) is 26.3 Å². The van der Waals surface area contributed by atoms with Crippen molar-refractivity contribution in [3.8, 4) is 0 Å². The molecular weight excluding hydrogens is 280 g/mol. The van der Waals surface area contributed by atoms with Crippen LogP contribution in [0.1, 0.15) is 12.8 Å². The van der Waals surface area contributed by atoms with Crippen LogP contribution in [0.15, 0.2) is 30.6 Å². The summed E-state index contributed by atoms with van der Waals surface area (Å²) in [6.45, 7) is 2.54. The second-order valence-corrected chi connectivity index (χ2v) is 5.94. The molecule has 2 aliphatic rings. The van der Waals surface area contributed by atoms with E-state index in [1.807, 2.05) is 18.3 Å². The number of carbonyl (C=O) groups is 1. The number of aromatic nitrogens is 2. The molecule has 0 aromatic carbocycles. The molecule has 0 aliphatic carbocycles. The van der Waals surface area contributed by atoms with Crippen LogP contribution >= 0.6 is 0 Å². The van der Waals surface area contributed by atoms with Crippen molar-refractivity contribution in [2.45, 2.75) is 18.4 Å². The van der Waals surface area contributed by atoms with Crippen molar-refractivity contribution in [2.75, 3.05) is 31.1 Å². The van der Waals surface area contributed by atoms with Crippen molar-refractivity contribution >= 4 is 22.6 Å². The summed E-state index contributed by atoms with van der Waals surface area (Å²) >= 11 is 0. The van der Waals surface area contributed by atoms with E-state index < -0.39 is 0 Å². The average molecular weight is 298 g/mol. The normalized spacial score (nSPS) is 21.1. The van der Waals surface area contributed by atoms with Crippen molar-refractivity contribution in [2.24, 2.45) is 0 Å². The van der Waals surface area contributed by atoms with Gasteiger partial charge in [0.15, 0.2) is 0 Å². The van der Waals surface area contributed by atoms with Crippen molar-refractivity contribution in [3.05, 3.63) is 30.6 Å². The lowest BCUT2D eigenvalue weighted by Crippen LogP contribution is -2.57. The second kappa shape index (κ2) is 5.21. The van der Waals surface area contributed by atoms with Gasteiger partial charge in [0, 0.05) is 37.4 Å². The molecule has 0 atom stereocenters. The number of piperidine rings is 1. The maximum atomic E-state index is 11.3. The zero-order chi connectivity index (χ0) is 15.0. The number of carbonyl (C=O) groups excluding carboxylic acids is 1. The Kier molecular flexibility index (Phi) is 3.18. The summed E-state index contributed by atoms with van der Waals surface area (Å²) in [5, 5.41) is 4.00. The van der Waals surface area contributed by atoms with Gasteiger partial charge in [-0.1, -0.05) is 0 Å². The number of amides is 1. The Bertz CT molecular complexity index is 693. The minimum absolute atomic E-state index is 0.0187. The van der Waals surface area contributed by atoms with Crippen LogP contribution in [0, 0.1) is 0 Å². The molecule has 6 heteroatoms. The van der Waals surface area contributed by atoms with Crippen LogP contribution in [0.5, 0.6) is 0 Å². The highest BCUT2D eigenvalue weighted by Crippen LogP contribution is 2.31. The smallest absolute Gasteiger partial charge is 0.246 e. The number of hydrogen-bond acceptors (Lipinski definition) is 5. The molecule has 2 saturated heterocycles. The number of anilines is 1. The van der Waals surface area contributed by atoms with E-state index in [1.165, 1.54) is 0 Å². The highest BCUT2D eigenvalue weighted by atomic mass is 16.5. The third-order valence-corrected chi connectivity index (χ3v) is 4.60. The molecule has 0 unspecified atom stereocenters. The minimum atomic E-state index is -0.201. The van der Waals surface area contributed by atoms with E-state index in [1.54, 1.807) is 6.20 Å². The molecule has 4 heterocycles. The molecule has 114 valence electrons. The molecule has 1 N–H and O–H groups in total. The average Bonchev–Trinajstić information content (AvgIpc) is 2.58. The number of hydrogen-bond donors (Lipinski definition) is 1. The summed E-state index contributed by atoms with van der Waals surface area (Å²) < 4.78 is 5.82. The Morgan fingerprint density at radius 2 is 2.05 bits per heavy atom. The zero-order valence-corrected chi connectivity index (χ0v) is 12.3. The quantitative estimate of drug-likeness (QED) is 0.854. The molecule has 22 heavy (non-hydrogen) atoms. The van der Waals surface area contributed by atoms with E-state index in [4.69, 9.17) is 4.74 Å². The third kappa shape index (κ3) is 2.29. The van der Waals surface area contributed by atoms with Crippen LogP contribution in [0.3, 0.4) is 0 Å². The number of fused-ring (bicyclic) bond motifs is 1. The van der Waals surface area contributed by atoms with Gasteiger partial charge in [-0.25, -0.2) is 4.98 Å². The molecule has 2 aromatic heterocycles. The van der Waals surface area contributed by atoms with Gasteiger partial charge in [-0.05, 0) is 31.0 Å². The summed E-state index contributed by atoms with van der Waals surface area (Å²) in [5.74, 6) is 0.968. The van der Waals surface area contributed by atoms with Gasteiger partial charge >= 0.3 is 0 Å². The van der Waals surface area contributed by atoms with E-state index >= 15 is 0 Å². The maximum absolute atomic E-state index is 11.3. The fraction of sp³-hybridized carbons (Fsp3) is 0.438. The Labute approximate surface area is 128 Å². The summed E-state index contributed by atoms with van der Waals surface area (Å²) in [5.41, 5.74) is 0.765. The lowest BCUT2D eigenvalue weighted by molar-refractivity contribution is -0.146.